The van der Waals surface area contributed by atoms with Crippen molar-refractivity contribution < 1.29 is 13.9 Å². The molecule has 0 saturated carbocycles. The monoisotopic (exact) mass is 483 g/mol. The summed E-state index contributed by atoms with van der Waals surface area (Å²) in [5.74, 6) is 1.66. The van der Waals surface area contributed by atoms with E-state index in [4.69, 9.17) is 10.5 Å². The van der Waals surface area contributed by atoms with Crippen LogP contribution < -0.4 is 15.4 Å². The van der Waals surface area contributed by atoms with Crippen molar-refractivity contribution in [3.8, 4) is 5.75 Å². The zero-order valence-electron chi connectivity index (χ0n) is 21.5. The van der Waals surface area contributed by atoms with Gasteiger partial charge in [0.05, 0.1) is 6.04 Å². The molecule has 0 radical (unpaired) electrons. The minimum Gasteiger partial charge on any atom is -0.489 e. The van der Waals surface area contributed by atoms with Gasteiger partial charge in [-0.3, -0.25) is 0 Å². The van der Waals surface area contributed by atoms with Gasteiger partial charge in [-0.05, 0) is 79.5 Å². The fraction of sp³-hybridized carbons (Fsp3) is 0.552. The summed E-state index contributed by atoms with van der Waals surface area (Å²) in [6.07, 6.45) is 5.03. The van der Waals surface area contributed by atoms with E-state index >= 15 is 0 Å². The van der Waals surface area contributed by atoms with Gasteiger partial charge in [-0.1, -0.05) is 32.9 Å². The van der Waals surface area contributed by atoms with Crippen molar-refractivity contribution in [1.29, 1.82) is 0 Å². The molecule has 35 heavy (non-hydrogen) atoms. The van der Waals surface area contributed by atoms with E-state index < -0.39 is 0 Å². The molecule has 2 aromatic rings. The van der Waals surface area contributed by atoms with Crippen LogP contribution in [0, 0.1) is 17.7 Å². The summed E-state index contributed by atoms with van der Waals surface area (Å²) in [5, 5.41) is 0. The normalized spacial score (nSPS) is 16.7. The lowest BCUT2D eigenvalue weighted by atomic mass is 9.97. The van der Waals surface area contributed by atoms with Crippen LogP contribution in [-0.4, -0.2) is 49.4 Å². The molecular formula is C29H42FN3O2. The average molecular weight is 484 g/mol. The van der Waals surface area contributed by atoms with E-state index in [0.717, 1.165) is 69.5 Å². The van der Waals surface area contributed by atoms with Crippen molar-refractivity contribution in [1.82, 2.24) is 4.90 Å². The van der Waals surface area contributed by atoms with Crippen molar-refractivity contribution in [2.24, 2.45) is 17.6 Å². The standard InChI is InChI=1S/C29H42FN3O2/c1-22(2)12-17-33(28-13-15-32(16-14-28)19-23(3)18-26(31)20-34)27-8-10-29(11-9-27)35-21-24-4-6-25(30)7-5-24/h4-11,20,22-23,26,28H,12-19,21,31H2,1-3H3. The molecule has 1 aliphatic rings. The number of anilines is 1. The second-order valence-corrected chi connectivity index (χ2v) is 10.5. The molecular weight excluding hydrogens is 441 g/mol. The van der Waals surface area contributed by atoms with Crippen molar-refractivity contribution in [2.45, 2.75) is 65.1 Å². The van der Waals surface area contributed by atoms with E-state index in [2.05, 4.69) is 42.7 Å². The van der Waals surface area contributed by atoms with Gasteiger partial charge in [0.15, 0.2) is 0 Å². The third-order valence-electron chi connectivity index (χ3n) is 6.85. The fourth-order valence-corrected chi connectivity index (χ4v) is 4.85. The molecule has 2 unspecified atom stereocenters. The van der Waals surface area contributed by atoms with E-state index in [9.17, 15) is 9.18 Å². The van der Waals surface area contributed by atoms with E-state index in [-0.39, 0.29) is 11.9 Å². The number of nitrogens with two attached hydrogens (primary N) is 1. The first-order chi connectivity index (χ1) is 16.8. The number of hydrogen-bond acceptors (Lipinski definition) is 5. The van der Waals surface area contributed by atoms with Crippen LogP contribution in [0.25, 0.3) is 0 Å². The summed E-state index contributed by atoms with van der Waals surface area (Å²) in [5.41, 5.74) is 8.00. The molecule has 1 heterocycles. The van der Waals surface area contributed by atoms with Crippen LogP contribution >= 0.6 is 0 Å². The number of likely N-dealkylation sites (tertiary alicyclic amines) is 1. The quantitative estimate of drug-likeness (QED) is 0.393. The van der Waals surface area contributed by atoms with E-state index in [1.54, 1.807) is 12.1 Å². The molecule has 0 aliphatic carbocycles. The molecule has 1 aliphatic heterocycles. The molecule has 3 rings (SSSR count). The van der Waals surface area contributed by atoms with Gasteiger partial charge in [-0.25, -0.2) is 4.39 Å². The average Bonchev–Trinajstić information content (AvgIpc) is 2.85. The maximum absolute atomic E-state index is 13.1. The Labute approximate surface area is 210 Å². The number of benzene rings is 2. The van der Waals surface area contributed by atoms with Crippen molar-refractivity contribution in [3.63, 3.8) is 0 Å². The number of nitrogens with zero attached hydrogens (tertiary/aromatic N) is 2. The maximum atomic E-state index is 13.1. The molecule has 192 valence electrons. The highest BCUT2D eigenvalue weighted by atomic mass is 19.1. The lowest BCUT2D eigenvalue weighted by molar-refractivity contribution is -0.109. The Balaban J connectivity index is 1.57. The van der Waals surface area contributed by atoms with Gasteiger partial charge >= 0.3 is 0 Å². The Kier molecular flexibility index (Phi) is 10.5. The van der Waals surface area contributed by atoms with E-state index in [1.807, 2.05) is 12.1 Å². The first kappa shape index (κ1) is 27.2. The molecule has 2 atom stereocenters. The largest absolute Gasteiger partial charge is 0.489 e. The van der Waals surface area contributed by atoms with Gasteiger partial charge in [0, 0.05) is 37.9 Å². The summed E-state index contributed by atoms with van der Waals surface area (Å²) >= 11 is 0. The maximum Gasteiger partial charge on any atom is 0.136 e. The molecule has 1 saturated heterocycles. The summed E-state index contributed by atoms with van der Waals surface area (Å²) in [7, 11) is 0. The zero-order valence-corrected chi connectivity index (χ0v) is 21.5. The molecule has 1 fully saturated rings. The lowest BCUT2D eigenvalue weighted by Gasteiger charge is -2.41. The minimum absolute atomic E-state index is 0.234. The Morgan fingerprint density at radius 1 is 1.09 bits per heavy atom. The predicted molar refractivity (Wildman–Crippen MR) is 141 cm³/mol. The third-order valence-corrected chi connectivity index (χ3v) is 6.85. The van der Waals surface area contributed by atoms with E-state index in [0.29, 0.717) is 24.5 Å². The predicted octanol–water partition coefficient (Wildman–Crippen LogP) is 5.27. The number of carbonyl (C=O) groups excluding carboxylic acids is 1. The molecule has 6 heteroatoms. The fourth-order valence-electron chi connectivity index (χ4n) is 4.85. The first-order valence-electron chi connectivity index (χ1n) is 13.0. The zero-order chi connectivity index (χ0) is 25.2. The van der Waals surface area contributed by atoms with Crippen molar-refractivity contribution in [2.75, 3.05) is 31.1 Å². The van der Waals surface area contributed by atoms with Crippen LogP contribution in [0.15, 0.2) is 48.5 Å². The van der Waals surface area contributed by atoms with E-state index in [1.165, 1.54) is 17.8 Å². The SMILES string of the molecule is CC(C)CCN(c1ccc(OCc2ccc(F)cc2)cc1)C1CCN(CC(C)CC(N)C=O)CC1. The van der Waals surface area contributed by atoms with Gasteiger partial charge in [0.1, 0.15) is 24.5 Å². The minimum atomic E-state index is -0.350. The molecule has 0 bridgehead atoms. The Bertz CT molecular complexity index is 880. The van der Waals surface area contributed by atoms with Gasteiger partial charge in [-0.2, -0.15) is 0 Å². The smallest absolute Gasteiger partial charge is 0.136 e. The van der Waals surface area contributed by atoms with Gasteiger partial charge < -0.3 is 25.1 Å². The highest BCUT2D eigenvalue weighted by molar-refractivity contribution is 5.56. The Morgan fingerprint density at radius 2 is 1.74 bits per heavy atom. The molecule has 0 spiro atoms. The molecule has 2 N–H and O–H groups in total. The Hall–Kier alpha value is -2.44. The number of aldehydes is 1. The molecule has 0 aromatic heterocycles. The van der Waals surface area contributed by atoms with Crippen LogP contribution in [0.5, 0.6) is 5.75 Å². The third kappa shape index (κ3) is 8.93. The van der Waals surface area contributed by atoms with Crippen molar-refractivity contribution >= 4 is 12.0 Å². The van der Waals surface area contributed by atoms with Crippen LogP contribution in [0.1, 0.15) is 52.0 Å². The number of ether oxygens (including phenoxy) is 1. The van der Waals surface area contributed by atoms with Crippen LogP contribution in [0.4, 0.5) is 10.1 Å². The second-order valence-electron chi connectivity index (χ2n) is 10.5. The first-order valence-corrected chi connectivity index (χ1v) is 13.0. The van der Waals surface area contributed by atoms with Crippen molar-refractivity contribution in [3.05, 3.63) is 59.9 Å². The number of hydrogen-bond donors (Lipinski definition) is 1. The number of piperidine rings is 1. The van der Waals surface area contributed by atoms with Crippen LogP contribution in [0.2, 0.25) is 0 Å². The number of halogens is 1. The topological polar surface area (TPSA) is 58.8 Å². The van der Waals surface area contributed by atoms with Gasteiger partial charge in [0.2, 0.25) is 0 Å². The lowest BCUT2D eigenvalue weighted by Crippen LogP contribution is -2.46. The molecule has 5 nitrogen and oxygen atoms in total. The summed E-state index contributed by atoms with van der Waals surface area (Å²) < 4.78 is 19.0. The summed E-state index contributed by atoms with van der Waals surface area (Å²) in [4.78, 5) is 16.0. The summed E-state index contributed by atoms with van der Waals surface area (Å²) in [6.45, 7) is 11.3. The van der Waals surface area contributed by atoms with Crippen LogP contribution in [0.3, 0.4) is 0 Å². The number of rotatable bonds is 13. The highest BCUT2D eigenvalue weighted by Gasteiger charge is 2.26. The van der Waals surface area contributed by atoms with Gasteiger partial charge in [0.25, 0.3) is 0 Å². The molecule has 2 aromatic carbocycles. The highest BCUT2D eigenvalue weighted by Crippen LogP contribution is 2.27. The van der Waals surface area contributed by atoms with Crippen LogP contribution in [-0.2, 0) is 11.4 Å². The van der Waals surface area contributed by atoms with Gasteiger partial charge in [-0.15, -0.1) is 0 Å². The molecule has 0 amide bonds. The summed E-state index contributed by atoms with van der Waals surface area (Å²) in [6, 6.07) is 15.0. The second kappa shape index (κ2) is 13.6. The number of carbonyl (C=O) groups is 1. The Morgan fingerprint density at radius 3 is 2.34 bits per heavy atom.